The molecule has 3 heteroatoms. The summed E-state index contributed by atoms with van der Waals surface area (Å²) in [5, 5.41) is 3.25. The first-order chi connectivity index (χ1) is 11.6. The highest BCUT2D eigenvalue weighted by atomic mass is 15.1. The zero-order valence-corrected chi connectivity index (χ0v) is 14.5. The van der Waals surface area contributed by atoms with E-state index in [0.29, 0.717) is 11.9 Å². The summed E-state index contributed by atoms with van der Waals surface area (Å²) in [5.41, 5.74) is 5.75. The molecule has 0 radical (unpaired) electrons. The van der Waals surface area contributed by atoms with Crippen LogP contribution in [-0.4, -0.2) is 9.97 Å². The molecular weight excluding hydrogens is 294 g/mol. The highest BCUT2D eigenvalue weighted by Crippen LogP contribution is 2.20. The van der Waals surface area contributed by atoms with Gasteiger partial charge in [-0.2, -0.15) is 0 Å². The summed E-state index contributed by atoms with van der Waals surface area (Å²) in [5.74, 6) is 1.28. The van der Waals surface area contributed by atoms with Gasteiger partial charge in [0.25, 0.3) is 0 Å². The Morgan fingerprint density at radius 1 is 0.917 bits per heavy atom. The van der Waals surface area contributed by atoms with E-state index in [2.05, 4.69) is 84.6 Å². The predicted molar refractivity (Wildman–Crippen MR) is 100 cm³/mol. The summed E-state index contributed by atoms with van der Waals surface area (Å²) < 4.78 is 0. The van der Waals surface area contributed by atoms with Crippen LogP contribution in [0.15, 0.2) is 60.9 Å². The van der Waals surface area contributed by atoms with Crippen LogP contribution < -0.4 is 5.32 Å². The zero-order chi connectivity index (χ0) is 16.9. The van der Waals surface area contributed by atoms with Crippen LogP contribution in [0, 0.1) is 12.8 Å². The van der Waals surface area contributed by atoms with E-state index >= 15 is 0 Å². The van der Waals surface area contributed by atoms with Crippen molar-refractivity contribution in [1.82, 2.24) is 9.97 Å². The Hall–Kier alpha value is -2.68. The van der Waals surface area contributed by atoms with E-state index in [1.54, 1.807) is 0 Å². The van der Waals surface area contributed by atoms with E-state index in [9.17, 15) is 0 Å². The van der Waals surface area contributed by atoms with Gasteiger partial charge in [-0.15, -0.1) is 0 Å². The lowest BCUT2D eigenvalue weighted by molar-refractivity contribution is 0.647. The van der Waals surface area contributed by atoms with E-state index < -0.39 is 0 Å². The van der Waals surface area contributed by atoms with E-state index in [1.165, 1.54) is 11.1 Å². The molecule has 2 aromatic carbocycles. The van der Waals surface area contributed by atoms with Crippen molar-refractivity contribution in [2.45, 2.75) is 27.2 Å². The monoisotopic (exact) mass is 317 g/mol. The molecule has 0 fully saturated rings. The number of rotatable bonds is 5. The van der Waals surface area contributed by atoms with Crippen molar-refractivity contribution >= 4 is 11.6 Å². The quantitative estimate of drug-likeness (QED) is 0.685. The van der Waals surface area contributed by atoms with Crippen molar-refractivity contribution in [1.29, 1.82) is 0 Å². The number of aromatic nitrogens is 2. The maximum Gasteiger partial charge on any atom is 0.227 e. The van der Waals surface area contributed by atoms with E-state index in [1.807, 2.05) is 12.4 Å². The Labute approximate surface area is 143 Å². The highest BCUT2D eigenvalue weighted by molar-refractivity contribution is 5.63. The summed E-state index contributed by atoms with van der Waals surface area (Å²) in [7, 11) is 0. The predicted octanol–water partition coefficient (Wildman–Crippen LogP) is 5.39. The first-order valence-corrected chi connectivity index (χ1v) is 8.35. The molecule has 0 amide bonds. The van der Waals surface area contributed by atoms with Gasteiger partial charge in [-0.25, -0.2) is 9.97 Å². The third kappa shape index (κ3) is 4.19. The second kappa shape index (κ2) is 7.26. The molecule has 0 atom stereocenters. The van der Waals surface area contributed by atoms with Crippen LogP contribution in [0.4, 0.5) is 11.6 Å². The van der Waals surface area contributed by atoms with Gasteiger partial charge in [-0.3, -0.25) is 0 Å². The van der Waals surface area contributed by atoms with Gasteiger partial charge in [0, 0.05) is 23.6 Å². The van der Waals surface area contributed by atoms with Gasteiger partial charge in [0.2, 0.25) is 5.95 Å². The molecule has 0 aliphatic carbocycles. The Bertz CT molecular complexity index is 790. The van der Waals surface area contributed by atoms with E-state index in [4.69, 9.17) is 0 Å². The summed E-state index contributed by atoms with van der Waals surface area (Å²) in [4.78, 5) is 8.86. The lowest BCUT2D eigenvalue weighted by Crippen LogP contribution is -1.98. The number of benzene rings is 2. The normalized spacial score (nSPS) is 10.8. The number of aryl methyl sites for hydroxylation is 1. The fraction of sp³-hybridized carbons (Fsp3) is 0.238. The van der Waals surface area contributed by atoms with Gasteiger partial charge >= 0.3 is 0 Å². The topological polar surface area (TPSA) is 37.8 Å². The van der Waals surface area contributed by atoms with Crippen molar-refractivity contribution in [3.8, 4) is 11.1 Å². The van der Waals surface area contributed by atoms with Crippen LogP contribution in [0.5, 0.6) is 0 Å². The van der Waals surface area contributed by atoms with Gasteiger partial charge < -0.3 is 5.32 Å². The molecule has 0 aliphatic rings. The molecule has 0 spiro atoms. The number of hydrogen-bond donors (Lipinski definition) is 1. The SMILES string of the molecule is Cc1cccc(-c2cnc(Nc3ccc(CC(C)C)cc3)nc2)c1. The molecule has 0 saturated heterocycles. The molecule has 0 unspecified atom stereocenters. The van der Waals surface area contributed by atoms with E-state index in [0.717, 1.165) is 23.2 Å². The minimum atomic E-state index is 0.614. The maximum absolute atomic E-state index is 4.43. The second-order valence-corrected chi connectivity index (χ2v) is 6.58. The molecule has 0 saturated carbocycles. The fourth-order valence-electron chi connectivity index (χ4n) is 2.69. The van der Waals surface area contributed by atoms with Gasteiger partial charge in [0.05, 0.1) is 0 Å². The van der Waals surface area contributed by atoms with Crippen LogP contribution >= 0.6 is 0 Å². The lowest BCUT2D eigenvalue weighted by atomic mass is 10.0. The molecule has 1 heterocycles. The number of nitrogens with one attached hydrogen (secondary N) is 1. The van der Waals surface area contributed by atoms with Crippen molar-refractivity contribution < 1.29 is 0 Å². The molecule has 1 aromatic heterocycles. The highest BCUT2D eigenvalue weighted by Gasteiger charge is 2.02. The average molecular weight is 317 g/mol. The summed E-state index contributed by atoms with van der Waals surface area (Å²) in [6.07, 6.45) is 4.82. The molecule has 3 rings (SSSR count). The van der Waals surface area contributed by atoms with Crippen LogP contribution in [0.25, 0.3) is 11.1 Å². The Morgan fingerprint density at radius 3 is 2.25 bits per heavy atom. The van der Waals surface area contributed by atoms with Gasteiger partial charge in [0.1, 0.15) is 0 Å². The summed E-state index contributed by atoms with van der Waals surface area (Å²) >= 11 is 0. The molecule has 0 aliphatic heterocycles. The van der Waals surface area contributed by atoms with Gasteiger partial charge in [0.15, 0.2) is 0 Å². The fourth-order valence-corrected chi connectivity index (χ4v) is 2.69. The number of nitrogens with zero attached hydrogens (tertiary/aromatic N) is 2. The summed E-state index contributed by atoms with van der Waals surface area (Å²) in [6.45, 7) is 6.55. The smallest absolute Gasteiger partial charge is 0.227 e. The average Bonchev–Trinajstić information content (AvgIpc) is 2.57. The number of anilines is 2. The first kappa shape index (κ1) is 16.2. The minimum absolute atomic E-state index is 0.614. The van der Waals surface area contributed by atoms with Crippen molar-refractivity contribution in [2.75, 3.05) is 5.32 Å². The molecule has 122 valence electrons. The van der Waals surface area contributed by atoms with Crippen molar-refractivity contribution in [2.24, 2.45) is 5.92 Å². The third-order valence-corrected chi connectivity index (χ3v) is 3.86. The standard InChI is InChI=1S/C21H23N3/c1-15(2)11-17-7-9-20(10-8-17)24-21-22-13-19(14-23-21)18-6-4-5-16(3)12-18/h4-10,12-15H,11H2,1-3H3,(H,22,23,24). The Balaban J connectivity index is 1.70. The zero-order valence-electron chi connectivity index (χ0n) is 14.5. The largest absolute Gasteiger partial charge is 0.324 e. The lowest BCUT2D eigenvalue weighted by Gasteiger charge is -2.08. The van der Waals surface area contributed by atoms with Crippen LogP contribution in [0.1, 0.15) is 25.0 Å². The third-order valence-electron chi connectivity index (χ3n) is 3.86. The number of hydrogen-bond acceptors (Lipinski definition) is 3. The first-order valence-electron chi connectivity index (χ1n) is 8.35. The Kier molecular flexibility index (Phi) is 4.90. The molecule has 3 aromatic rings. The van der Waals surface area contributed by atoms with Crippen molar-refractivity contribution in [3.63, 3.8) is 0 Å². The van der Waals surface area contributed by atoms with Crippen LogP contribution in [0.2, 0.25) is 0 Å². The van der Waals surface area contributed by atoms with Crippen molar-refractivity contribution in [3.05, 3.63) is 72.1 Å². The van der Waals surface area contributed by atoms with E-state index in [-0.39, 0.29) is 0 Å². The molecule has 24 heavy (non-hydrogen) atoms. The molecule has 1 N–H and O–H groups in total. The molecular formula is C21H23N3. The van der Waals surface area contributed by atoms with Crippen LogP contribution in [0.3, 0.4) is 0 Å². The second-order valence-electron chi connectivity index (χ2n) is 6.58. The molecule has 3 nitrogen and oxygen atoms in total. The minimum Gasteiger partial charge on any atom is -0.324 e. The van der Waals surface area contributed by atoms with Crippen LogP contribution in [-0.2, 0) is 6.42 Å². The Morgan fingerprint density at radius 2 is 1.62 bits per heavy atom. The maximum atomic E-state index is 4.43. The molecule has 0 bridgehead atoms. The summed E-state index contributed by atoms with van der Waals surface area (Å²) in [6, 6.07) is 16.8. The van der Waals surface area contributed by atoms with Gasteiger partial charge in [-0.1, -0.05) is 55.8 Å². The van der Waals surface area contributed by atoms with Gasteiger partial charge in [-0.05, 0) is 42.5 Å².